The van der Waals surface area contributed by atoms with Gasteiger partial charge >= 0.3 is 6.18 Å². The molecule has 0 atom stereocenters. The minimum absolute atomic E-state index is 0.0469. The molecule has 1 heterocycles. The van der Waals surface area contributed by atoms with E-state index in [4.69, 9.17) is 5.26 Å². The van der Waals surface area contributed by atoms with Crippen LogP contribution >= 0.6 is 11.3 Å². The Hall–Kier alpha value is -2.40. The zero-order valence-electron chi connectivity index (χ0n) is 9.73. The van der Waals surface area contributed by atoms with Crippen molar-refractivity contribution >= 4 is 22.9 Å². The van der Waals surface area contributed by atoms with Crippen LogP contribution < -0.4 is 5.32 Å². The molecule has 0 unspecified atom stereocenters. The quantitative estimate of drug-likeness (QED) is 0.925. The molecule has 1 N–H and O–H groups in total. The van der Waals surface area contributed by atoms with Crippen molar-refractivity contribution in [2.24, 2.45) is 0 Å². The van der Waals surface area contributed by atoms with Crippen molar-refractivity contribution in [1.29, 1.82) is 5.26 Å². The highest BCUT2D eigenvalue weighted by molar-refractivity contribution is 7.07. The molecule has 1 amide bonds. The summed E-state index contributed by atoms with van der Waals surface area (Å²) in [6.07, 6.45) is -4.66. The van der Waals surface area contributed by atoms with Crippen molar-refractivity contribution in [2.45, 2.75) is 6.18 Å². The largest absolute Gasteiger partial charge is 0.417 e. The normalized spacial score (nSPS) is 10.9. The first kappa shape index (κ1) is 14.0. The Balaban J connectivity index is 2.31. The maximum absolute atomic E-state index is 12.8. The molecule has 4 nitrogen and oxygen atoms in total. The lowest BCUT2D eigenvalue weighted by Gasteiger charge is -2.11. The van der Waals surface area contributed by atoms with Gasteiger partial charge in [-0.15, -0.1) is 11.3 Å². The molecule has 2 aromatic rings. The number of benzene rings is 1. The smallest absolute Gasteiger partial charge is 0.321 e. The van der Waals surface area contributed by atoms with Gasteiger partial charge in [-0.25, -0.2) is 4.98 Å². The third-order valence-corrected chi connectivity index (χ3v) is 2.95. The highest BCUT2D eigenvalue weighted by Crippen LogP contribution is 2.33. The molecule has 0 radical (unpaired) electrons. The number of nitrogens with one attached hydrogen (secondary N) is 1. The number of hydrogen-bond acceptors (Lipinski definition) is 4. The summed E-state index contributed by atoms with van der Waals surface area (Å²) in [7, 11) is 0. The van der Waals surface area contributed by atoms with Gasteiger partial charge in [-0.2, -0.15) is 18.4 Å². The summed E-state index contributed by atoms with van der Waals surface area (Å²) in [5.41, 5.74) is -0.0723. The van der Waals surface area contributed by atoms with E-state index < -0.39 is 23.2 Å². The molecule has 0 aliphatic carbocycles. The summed E-state index contributed by atoms with van der Waals surface area (Å²) >= 11 is 1.20. The second-order valence-corrected chi connectivity index (χ2v) is 4.42. The number of nitriles is 1. The zero-order valence-corrected chi connectivity index (χ0v) is 10.5. The third-order valence-electron chi connectivity index (χ3n) is 2.37. The predicted octanol–water partition coefficient (Wildman–Crippen LogP) is 3.29. The summed E-state index contributed by atoms with van der Waals surface area (Å²) in [6, 6.07) is 4.44. The Morgan fingerprint density at radius 3 is 2.70 bits per heavy atom. The number of nitrogens with zero attached hydrogens (tertiary/aromatic N) is 2. The highest BCUT2D eigenvalue weighted by atomic mass is 32.1. The lowest BCUT2D eigenvalue weighted by molar-refractivity contribution is -0.137. The van der Waals surface area contributed by atoms with Crippen molar-refractivity contribution in [1.82, 2.24) is 4.98 Å². The summed E-state index contributed by atoms with van der Waals surface area (Å²) < 4.78 is 38.3. The molecule has 0 spiro atoms. The second kappa shape index (κ2) is 5.30. The Kier molecular flexibility index (Phi) is 3.72. The number of anilines is 1. The van der Waals surface area contributed by atoms with Crippen molar-refractivity contribution in [2.75, 3.05) is 5.32 Å². The molecular weight excluding hydrogens is 291 g/mol. The fourth-order valence-corrected chi connectivity index (χ4v) is 2.01. The Morgan fingerprint density at radius 1 is 1.40 bits per heavy atom. The molecule has 2 rings (SSSR count). The number of amides is 1. The molecule has 8 heteroatoms. The van der Waals surface area contributed by atoms with Gasteiger partial charge in [0.05, 0.1) is 22.7 Å². The van der Waals surface area contributed by atoms with Gasteiger partial charge in [0.25, 0.3) is 5.91 Å². The molecular formula is C12H6F3N3OS. The minimum Gasteiger partial charge on any atom is -0.321 e. The molecule has 0 fully saturated rings. The fraction of sp³-hybridized carbons (Fsp3) is 0.0833. The van der Waals surface area contributed by atoms with Crippen LogP contribution in [0.25, 0.3) is 0 Å². The first-order valence-electron chi connectivity index (χ1n) is 5.22. The molecule has 0 saturated carbocycles. The fourth-order valence-electron chi connectivity index (χ4n) is 1.47. The second-order valence-electron chi connectivity index (χ2n) is 3.70. The number of thiazole rings is 1. The first-order valence-corrected chi connectivity index (χ1v) is 6.17. The van der Waals surface area contributed by atoms with Crippen molar-refractivity contribution < 1.29 is 18.0 Å². The third kappa shape index (κ3) is 2.95. The lowest BCUT2D eigenvalue weighted by Crippen LogP contribution is -2.14. The molecule has 0 saturated heterocycles. The summed E-state index contributed by atoms with van der Waals surface area (Å²) in [5.74, 6) is -0.607. The van der Waals surface area contributed by atoms with Gasteiger partial charge in [-0.3, -0.25) is 4.79 Å². The summed E-state index contributed by atoms with van der Waals surface area (Å²) in [6.45, 7) is 0. The van der Waals surface area contributed by atoms with Crippen molar-refractivity contribution in [3.05, 3.63) is 45.9 Å². The number of halogens is 3. The van der Waals surface area contributed by atoms with Gasteiger partial charge in [-0.1, -0.05) is 0 Å². The van der Waals surface area contributed by atoms with E-state index in [0.717, 1.165) is 12.1 Å². The van der Waals surface area contributed by atoms with Crippen LogP contribution in [-0.4, -0.2) is 10.9 Å². The molecule has 0 aliphatic rings. The number of rotatable bonds is 2. The molecule has 1 aromatic carbocycles. The molecule has 102 valence electrons. The van der Waals surface area contributed by atoms with Crippen LogP contribution in [0.3, 0.4) is 0 Å². The van der Waals surface area contributed by atoms with Crippen LogP contribution in [0.5, 0.6) is 0 Å². The van der Waals surface area contributed by atoms with E-state index >= 15 is 0 Å². The van der Waals surface area contributed by atoms with E-state index in [1.807, 2.05) is 0 Å². The Labute approximate surface area is 115 Å². The molecule has 0 bridgehead atoms. The van der Waals surface area contributed by atoms with E-state index in [1.54, 1.807) is 0 Å². The van der Waals surface area contributed by atoms with Gasteiger partial charge in [0, 0.05) is 11.1 Å². The lowest BCUT2D eigenvalue weighted by atomic mass is 10.1. The van der Waals surface area contributed by atoms with Crippen molar-refractivity contribution in [3.63, 3.8) is 0 Å². The zero-order chi connectivity index (χ0) is 14.8. The maximum atomic E-state index is 12.8. The topological polar surface area (TPSA) is 65.8 Å². The minimum atomic E-state index is -4.66. The molecule has 20 heavy (non-hydrogen) atoms. The standard InChI is InChI=1S/C12H6F3N3OS/c13-12(14,15)9-3-8(2-1-7(9)4-16)18-11(19)10-5-20-6-17-10/h1-3,5-6H,(H,18,19). The monoisotopic (exact) mass is 297 g/mol. The van der Waals surface area contributed by atoms with E-state index in [9.17, 15) is 18.0 Å². The Bertz CT molecular complexity index is 674. The van der Waals surface area contributed by atoms with Gasteiger partial charge < -0.3 is 5.32 Å². The number of aromatic nitrogens is 1. The number of carbonyl (C=O) groups is 1. The van der Waals surface area contributed by atoms with Crippen molar-refractivity contribution in [3.8, 4) is 6.07 Å². The highest BCUT2D eigenvalue weighted by Gasteiger charge is 2.34. The number of carbonyl (C=O) groups excluding carboxylic acids is 1. The van der Waals surface area contributed by atoms with Crippen LogP contribution in [0.15, 0.2) is 29.1 Å². The van der Waals surface area contributed by atoms with Gasteiger partial charge in [0.1, 0.15) is 5.69 Å². The SMILES string of the molecule is N#Cc1ccc(NC(=O)c2cscn2)cc1C(F)(F)F. The Morgan fingerprint density at radius 2 is 2.15 bits per heavy atom. The molecule has 0 aliphatic heterocycles. The van der Waals surface area contributed by atoms with Crippen LogP contribution in [0, 0.1) is 11.3 Å². The summed E-state index contributed by atoms with van der Waals surface area (Å²) in [5, 5.41) is 12.4. The number of alkyl halides is 3. The van der Waals surface area contributed by atoms with E-state index in [0.29, 0.717) is 0 Å². The van der Waals surface area contributed by atoms with E-state index in [2.05, 4.69) is 10.3 Å². The average Bonchev–Trinajstić information content (AvgIpc) is 2.91. The van der Waals surface area contributed by atoms with Crippen LogP contribution in [0.1, 0.15) is 21.6 Å². The van der Waals surface area contributed by atoms with Gasteiger partial charge in [-0.05, 0) is 18.2 Å². The predicted molar refractivity (Wildman–Crippen MR) is 66.2 cm³/mol. The molecule has 1 aromatic heterocycles. The summed E-state index contributed by atoms with van der Waals surface area (Å²) in [4.78, 5) is 15.4. The maximum Gasteiger partial charge on any atom is 0.417 e. The average molecular weight is 297 g/mol. The van der Waals surface area contributed by atoms with Crippen LogP contribution in [0.4, 0.5) is 18.9 Å². The van der Waals surface area contributed by atoms with Crippen LogP contribution in [0.2, 0.25) is 0 Å². The van der Waals surface area contributed by atoms with E-state index in [1.165, 1.54) is 34.4 Å². The van der Waals surface area contributed by atoms with E-state index in [-0.39, 0.29) is 11.4 Å². The first-order chi connectivity index (χ1) is 9.41. The van der Waals surface area contributed by atoms with Gasteiger partial charge in [0.2, 0.25) is 0 Å². The van der Waals surface area contributed by atoms with Gasteiger partial charge in [0.15, 0.2) is 0 Å². The number of hydrogen-bond donors (Lipinski definition) is 1. The van der Waals surface area contributed by atoms with Crippen LogP contribution in [-0.2, 0) is 6.18 Å².